The van der Waals surface area contributed by atoms with E-state index < -0.39 is 11.6 Å². The molecule has 1 aliphatic heterocycles. The van der Waals surface area contributed by atoms with Crippen molar-refractivity contribution in [2.75, 3.05) is 36.9 Å². The van der Waals surface area contributed by atoms with E-state index >= 15 is 0 Å². The number of hydrogen-bond acceptors (Lipinski definition) is 6. The van der Waals surface area contributed by atoms with Crippen LogP contribution in [0.4, 0.5) is 26.1 Å². The van der Waals surface area contributed by atoms with Crippen molar-refractivity contribution in [2.24, 2.45) is 0 Å². The molecule has 0 radical (unpaired) electrons. The molecular formula is C23H30F2N6O. The summed E-state index contributed by atoms with van der Waals surface area (Å²) in [5.41, 5.74) is 3.43. The fourth-order valence-corrected chi connectivity index (χ4v) is 4.32. The zero-order valence-corrected chi connectivity index (χ0v) is 17.9. The summed E-state index contributed by atoms with van der Waals surface area (Å²) < 4.78 is 33.5. The largest absolute Gasteiger partial charge is 0.382 e. The van der Waals surface area contributed by atoms with Gasteiger partial charge in [-0.05, 0) is 55.7 Å². The molecule has 0 spiro atoms. The Morgan fingerprint density at radius 2 is 1.81 bits per heavy atom. The Labute approximate surface area is 188 Å². The summed E-state index contributed by atoms with van der Waals surface area (Å²) in [7, 11) is 0. The third-order valence-corrected chi connectivity index (χ3v) is 6.04. The standard InChI is InChI=1S/C23H26F2N6O.2H2/c1-15-8-16(27-18-11-20(12-18)30-4-6-32-7-5-30)10-17(9-15)28-23-26-14-31(29-23)19-2-3-21(24)22(25)13-19;;/h2-3,8-10,13-14,18,20,27H,4-7,11-12H2,1H3,(H,28,29);2*1H. The Kier molecular flexibility index (Phi) is 5.75. The number of aromatic nitrogens is 3. The third kappa shape index (κ3) is 4.58. The minimum atomic E-state index is -0.922. The lowest BCUT2D eigenvalue weighted by Gasteiger charge is -2.45. The number of ether oxygens (including phenoxy) is 1. The van der Waals surface area contributed by atoms with Crippen molar-refractivity contribution < 1.29 is 16.4 Å². The number of morpholine rings is 1. The summed E-state index contributed by atoms with van der Waals surface area (Å²) in [6.45, 7) is 5.77. The lowest BCUT2D eigenvalue weighted by Crippen LogP contribution is -2.53. The molecule has 2 N–H and O–H groups in total. The van der Waals surface area contributed by atoms with Gasteiger partial charge < -0.3 is 15.4 Å². The lowest BCUT2D eigenvalue weighted by molar-refractivity contribution is -0.00436. The van der Waals surface area contributed by atoms with E-state index in [0.717, 1.165) is 68.2 Å². The van der Waals surface area contributed by atoms with Gasteiger partial charge in [-0.2, -0.15) is 4.98 Å². The highest BCUT2D eigenvalue weighted by atomic mass is 19.2. The van der Waals surface area contributed by atoms with Crippen molar-refractivity contribution in [1.82, 2.24) is 19.7 Å². The van der Waals surface area contributed by atoms with E-state index in [4.69, 9.17) is 4.74 Å². The highest BCUT2D eigenvalue weighted by Gasteiger charge is 2.34. The Bertz CT molecular complexity index is 1100. The molecule has 0 unspecified atom stereocenters. The van der Waals surface area contributed by atoms with Crippen LogP contribution in [-0.4, -0.2) is 58.1 Å². The zero-order valence-electron chi connectivity index (χ0n) is 17.9. The van der Waals surface area contributed by atoms with Crippen LogP contribution in [0.15, 0.2) is 42.7 Å². The van der Waals surface area contributed by atoms with Gasteiger partial charge in [0.1, 0.15) is 6.33 Å². The summed E-state index contributed by atoms with van der Waals surface area (Å²) in [6.07, 6.45) is 3.73. The van der Waals surface area contributed by atoms with Crippen LogP contribution in [0.5, 0.6) is 0 Å². The van der Waals surface area contributed by atoms with E-state index in [1.54, 1.807) is 0 Å². The molecule has 172 valence electrons. The molecular weight excluding hydrogens is 414 g/mol. The van der Waals surface area contributed by atoms with Gasteiger partial charge >= 0.3 is 0 Å². The molecule has 32 heavy (non-hydrogen) atoms. The normalized spacial score (nSPS) is 21.2. The number of aryl methyl sites for hydroxylation is 1. The minimum absolute atomic E-state index is 0. The van der Waals surface area contributed by atoms with E-state index in [9.17, 15) is 8.78 Å². The van der Waals surface area contributed by atoms with Crippen LogP contribution in [0.1, 0.15) is 21.3 Å². The number of hydrogen-bond donors (Lipinski definition) is 2. The highest BCUT2D eigenvalue weighted by Crippen LogP contribution is 2.30. The van der Waals surface area contributed by atoms with Gasteiger partial charge in [0.2, 0.25) is 5.95 Å². The van der Waals surface area contributed by atoms with Gasteiger partial charge in [-0.25, -0.2) is 13.5 Å². The topological polar surface area (TPSA) is 67.2 Å². The van der Waals surface area contributed by atoms with Crippen molar-refractivity contribution in [2.45, 2.75) is 31.8 Å². The van der Waals surface area contributed by atoms with Gasteiger partial charge in [0.25, 0.3) is 0 Å². The molecule has 1 aromatic heterocycles. The maximum absolute atomic E-state index is 13.5. The highest BCUT2D eigenvalue weighted by molar-refractivity contribution is 5.63. The first kappa shape index (κ1) is 20.8. The fourth-order valence-electron chi connectivity index (χ4n) is 4.32. The zero-order chi connectivity index (χ0) is 22.1. The Morgan fingerprint density at radius 1 is 1.03 bits per heavy atom. The minimum Gasteiger partial charge on any atom is -0.382 e. The van der Waals surface area contributed by atoms with Gasteiger partial charge in [0.15, 0.2) is 11.6 Å². The van der Waals surface area contributed by atoms with Crippen molar-refractivity contribution in [3.05, 3.63) is 59.9 Å². The molecule has 0 amide bonds. The third-order valence-electron chi connectivity index (χ3n) is 6.04. The second kappa shape index (κ2) is 8.84. The summed E-state index contributed by atoms with van der Waals surface area (Å²) in [5.74, 6) is -1.44. The van der Waals surface area contributed by atoms with Gasteiger partial charge in [0.05, 0.1) is 18.9 Å². The van der Waals surface area contributed by atoms with Crippen molar-refractivity contribution in [1.29, 1.82) is 0 Å². The molecule has 0 atom stereocenters. The molecule has 1 saturated heterocycles. The Morgan fingerprint density at radius 3 is 2.59 bits per heavy atom. The van der Waals surface area contributed by atoms with Gasteiger partial charge in [0, 0.05) is 45.5 Å². The predicted molar refractivity (Wildman–Crippen MR) is 123 cm³/mol. The van der Waals surface area contributed by atoms with E-state index in [1.165, 1.54) is 17.1 Å². The van der Waals surface area contributed by atoms with Crippen molar-refractivity contribution in [3.8, 4) is 5.69 Å². The Balaban J connectivity index is 0.00000162. The number of halogens is 2. The first-order chi connectivity index (χ1) is 15.5. The van der Waals surface area contributed by atoms with E-state index in [1.807, 2.05) is 19.1 Å². The van der Waals surface area contributed by atoms with E-state index in [-0.39, 0.29) is 2.85 Å². The average Bonchev–Trinajstić information content (AvgIpc) is 3.21. The predicted octanol–water partition coefficient (Wildman–Crippen LogP) is 4.36. The van der Waals surface area contributed by atoms with Gasteiger partial charge in [-0.15, -0.1) is 5.10 Å². The van der Waals surface area contributed by atoms with Crippen LogP contribution in [0.25, 0.3) is 5.69 Å². The first-order valence-electron chi connectivity index (χ1n) is 10.9. The van der Waals surface area contributed by atoms with Crippen molar-refractivity contribution >= 4 is 17.3 Å². The molecule has 9 heteroatoms. The van der Waals surface area contributed by atoms with Crippen molar-refractivity contribution in [3.63, 3.8) is 0 Å². The van der Waals surface area contributed by atoms with Crippen LogP contribution in [-0.2, 0) is 4.74 Å². The van der Waals surface area contributed by atoms with Gasteiger partial charge in [-0.3, -0.25) is 4.90 Å². The molecule has 2 fully saturated rings. The van der Waals surface area contributed by atoms with Crippen LogP contribution >= 0.6 is 0 Å². The fraction of sp³-hybridized carbons (Fsp3) is 0.391. The molecule has 2 aromatic carbocycles. The molecule has 1 saturated carbocycles. The van der Waals surface area contributed by atoms with Crippen LogP contribution in [0.3, 0.4) is 0 Å². The molecule has 2 heterocycles. The summed E-state index contributed by atoms with van der Waals surface area (Å²) in [4.78, 5) is 6.77. The molecule has 3 aromatic rings. The lowest BCUT2D eigenvalue weighted by atomic mass is 9.85. The maximum Gasteiger partial charge on any atom is 0.246 e. The van der Waals surface area contributed by atoms with Crippen LogP contribution < -0.4 is 10.6 Å². The number of nitrogens with one attached hydrogen (secondary N) is 2. The number of nitrogens with zero attached hydrogens (tertiary/aromatic N) is 4. The molecule has 7 nitrogen and oxygen atoms in total. The molecule has 1 aliphatic carbocycles. The SMILES string of the molecule is Cc1cc(Nc2ncn(-c3ccc(F)c(F)c3)n2)cc(NC2CC(N3CCOCC3)C2)c1.[HH].[HH]. The monoisotopic (exact) mass is 444 g/mol. The van der Waals surface area contributed by atoms with Crippen LogP contribution in [0.2, 0.25) is 0 Å². The quantitative estimate of drug-likeness (QED) is 0.589. The number of anilines is 3. The second-order valence-electron chi connectivity index (χ2n) is 8.44. The Hall–Kier alpha value is -3.04. The molecule has 0 bridgehead atoms. The summed E-state index contributed by atoms with van der Waals surface area (Å²) in [5, 5.41) is 11.2. The smallest absolute Gasteiger partial charge is 0.246 e. The number of rotatable bonds is 6. The van der Waals surface area contributed by atoms with Gasteiger partial charge in [-0.1, -0.05) is 0 Å². The summed E-state index contributed by atoms with van der Waals surface area (Å²) in [6, 6.07) is 10.9. The second-order valence-corrected chi connectivity index (χ2v) is 8.44. The first-order valence-corrected chi connectivity index (χ1v) is 10.9. The van der Waals surface area contributed by atoms with Crippen LogP contribution in [0, 0.1) is 18.6 Å². The number of benzene rings is 2. The van der Waals surface area contributed by atoms with E-state index in [0.29, 0.717) is 23.7 Å². The molecule has 5 rings (SSSR count). The van der Waals surface area contributed by atoms with E-state index in [2.05, 4.69) is 31.7 Å². The maximum atomic E-state index is 13.5. The average molecular weight is 445 g/mol. The molecule has 2 aliphatic rings. The summed E-state index contributed by atoms with van der Waals surface area (Å²) >= 11 is 0.